The van der Waals surface area contributed by atoms with Crippen LogP contribution in [0.2, 0.25) is 0 Å². The monoisotopic (exact) mass is 382 g/mol. The summed E-state index contributed by atoms with van der Waals surface area (Å²) in [6.45, 7) is 4.29. The summed E-state index contributed by atoms with van der Waals surface area (Å²) in [5.74, 6) is -1.09. The average molecular weight is 382 g/mol. The summed E-state index contributed by atoms with van der Waals surface area (Å²) in [7, 11) is 0. The number of carbonyl (C=O) groups is 3. The normalized spacial score (nSPS) is 34.2. The van der Waals surface area contributed by atoms with E-state index >= 15 is 0 Å². The number of rotatable bonds is 7. The Kier molecular flexibility index (Phi) is 5.27. The van der Waals surface area contributed by atoms with Crippen molar-refractivity contribution in [1.82, 2.24) is 0 Å². The molecule has 7 nitrogen and oxygen atoms in total. The zero-order valence-electron chi connectivity index (χ0n) is 16.4. The molecule has 4 saturated carbocycles. The van der Waals surface area contributed by atoms with Gasteiger partial charge in [0, 0.05) is 6.42 Å². The zero-order valence-corrected chi connectivity index (χ0v) is 16.4. The summed E-state index contributed by atoms with van der Waals surface area (Å²) in [5, 5.41) is 10.7. The Morgan fingerprint density at radius 2 is 1.59 bits per heavy atom. The topological polar surface area (TPSA) is 99.1 Å². The molecule has 0 aromatic rings. The van der Waals surface area contributed by atoms with Crippen LogP contribution in [0.25, 0.3) is 0 Å². The molecule has 4 rings (SSSR count). The molecule has 4 fully saturated rings. The van der Waals surface area contributed by atoms with E-state index < -0.39 is 47.7 Å². The number of esters is 3. The molecule has 7 heteroatoms. The molecule has 4 aliphatic carbocycles. The second-order valence-corrected chi connectivity index (χ2v) is 9.32. The van der Waals surface area contributed by atoms with Gasteiger partial charge < -0.3 is 19.3 Å². The van der Waals surface area contributed by atoms with Gasteiger partial charge in [-0.2, -0.15) is 0 Å². The fourth-order valence-electron chi connectivity index (χ4n) is 5.17. The van der Waals surface area contributed by atoms with E-state index in [0.717, 1.165) is 32.1 Å². The van der Waals surface area contributed by atoms with Crippen LogP contribution in [0.4, 0.5) is 0 Å². The van der Waals surface area contributed by atoms with Crippen molar-refractivity contribution >= 4 is 17.9 Å². The summed E-state index contributed by atoms with van der Waals surface area (Å²) >= 11 is 0. The first-order chi connectivity index (χ1) is 12.5. The molecule has 152 valence electrons. The van der Waals surface area contributed by atoms with Crippen molar-refractivity contribution in [3.05, 3.63) is 0 Å². The molecule has 0 aromatic carbocycles. The maximum absolute atomic E-state index is 12.2. The van der Waals surface area contributed by atoms with Gasteiger partial charge in [-0.1, -0.05) is 6.92 Å². The van der Waals surface area contributed by atoms with Crippen molar-refractivity contribution in [3.8, 4) is 0 Å². The number of ether oxygens (including phenoxy) is 3. The SMILES string of the molecule is CCC(C)(C)C(=O)OCC(=O)OCC(=O)OC12CC3CC(CC(O)(C3)C1)C2. The number of carbonyl (C=O) groups excluding carboxylic acids is 3. The maximum Gasteiger partial charge on any atom is 0.344 e. The molecule has 0 heterocycles. The molecule has 0 saturated heterocycles. The lowest BCUT2D eigenvalue weighted by Crippen LogP contribution is -2.60. The Bertz CT molecular complexity index is 610. The molecule has 4 bridgehead atoms. The van der Waals surface area contributed by atoms with Gasteiger partial charge in [0.2, 0.25) is 0 Å². The Labute approximate surface area is 159 Å². The van der Waals surface area contributed by atoms with Gasteiger partial charge in [-0.05, 0) is 64.2 Å². The smallest absolute Gasteiger partial charge is 0.344 e. The van der Waals surface area contributed by atoms with Gasteiger partial charge in [0.05, 0.1) is 11.0 Å². The summed E-state index contributed by atoms with van der Waals surface area (Å²) in [5.41, 5.74) is -2.01. The van der Waals surface area contributed by atoms with Crippen molar-refractivity contribution < 1.29 is 33.7 Å². The van der Waals surface area contributed by atoms with E-state index in [0.29, 0.717) is 24.7 Å². The predicted molar refractivity (Wildman–Crippen MR) is 94.4 cm³/mol. The minimum absolute atomic E-state index is 0.396. The largest absolute Gasteiger partial charge is 0.456 e. The van der Waals surface area contributed by atoms with Crippen LogP contribution >= 0.6 is 0 Å². The molecule has 4 aliphatic rings. The Hall–Kier alpha value is -1.63. The average Bonchev–Trinajstić information content (AvgIpc) is 2.55. The van der Waals surface area contributed by atoms with Crippen LogP contribution in [-0.4, -0.2) is 47.4 Å². The molecule has 0 radical (unpaired) electrons. The first kappa shape index (κ1) is 20.1. The lowest BCUT2D eigenvalue weighted by atomic mass is 9.52. The van der Waals surface area contributed by atoms with Gasteiger partial charge in [0.25, 0.3) is 0 Å². The van der Waals surface area contributed by atoms with Crippen LogP contribution in [0.15, 0.2) is 0 Å². The number of hydrogen-bond acceptors (Lipinski definition) is 7. The van der Waals surface area contributed by atoms with E-state index in [9.17, 15) is 19.5 Å². The standard InChI is InChI=1S/C20H30O7/c1-4-18(2,3)17(23)26-10-15(21)25-11-16(22)27-20-8-13-5-14(9-20)7-19(24,6-13)12-20/h13-14,24H,4-12H2,1-3H3. The molecule has 2 atom stereocenters. The fourth-order valence-corrected chi connectivity index (χ4v) is 5.17. The van der Waals surface area contributed by atoms with Crippen LogP contribution in [0.5, 0.6) is 0 Å². The van der Waals surface area contributed by atoms with E-state index in [-0.39, 0.29) is 0 Å². The predicted octanol–water partition coefficient (Wildman–Crippen LogP) is 2.14. The van der Waals surface area contributed by atoms with Crippen molar-refractivity contribution in [2.45, 2.75) is 76.9 Å². The van der Waals surface area contributed by atoms with Crippen LogP contribution in [-0.2, 0) is 28.6 Å². The third-order valence-corrected chi connectivity index (χ3v) is 6.42. The Morgan fingerprint density at radius 3 is 2.15 bits per heavy atom. The minimum atomic E-state index is -0.781. The van der Waals surface area contributed by atoms with Gasteiger partial charge in [0.15, 0.2) is 13.2 Å². The summed E-state index contributed by atoms with van der Waals surface area (Å²) in [6, 6.07) is 0. The van der Waals surface area contributed by atoms with Crippen molar-refractivity contribution in [2.24, 2.45) is 17.3 Å². The summed E-state index contributed by atoms with van der Waals surface area (Å²) in [4.78, 5) is 35.8. The third kappa shape index (κ3) is 4.45. The molecule has 0 spiro atoms. The highest BCUT2D eigenvalue weighted by Gasteiger charge is 2.59. The molecular formula is C20H30O7. The molecule has 0 aliphatic heterocycles. The molecule has 2 unspecified atom stereocenters. The minimum Gasteiger partial charge on any atom is -0.456 e. The van der Waals surface area contributed by atoms with Gasteiger partial charge in [0.1, 0.15) is 5.60 Å². The van der Waals surface area contributed by atoms with Gasteiger partial charge in [-0.25, -0.2) is 9.59 Å². The highest BCUT2D eigenvalue weighted by atomic mass is 16.6. The second kappa shape index (κ2) is 7.08. The van der Waals surface area contributed by atoms with Crippen molar-refractivity contribution in [3.63, 3.8) is 0 Å². The summed E-state index contributed by atoms with van der Waals surface area (Å²) in [6.07, 6.45) is 5.27. The lowest BCUT2D eigenvalue weighted by molar-refractivity contribution is -0.222. The molecule has 1 N–H and O–H groups in total. The van der Waals surface area contributed by atoms with Crippen LogP contribution in [0.3, 0.4) is 0 Å². The quantitative estimate of drug-likeness (QED) is 0.532. The highest BCUT2D eigenvalue weighted by Crippen LogP contribution is 2.58. The van der Waals surface area contributed by atoms with Crippen LogP contribution in [0, 0.1) is 17.3 Å². The van der Waals surface area contributed by atoms with Gasteiger partial charge >= 0.3 is 17.9 Å². The molecular weight excluding hydrogens is 352 g/mol. The lowest BCUT2D eigenvalue weighted by Gasteiger charge is -2.59. The zero-order chi connectivity index (χ0) is 19.9. The van der Waals surface area contributed by atoms with Crippen molar-refractivity contribution in [1.29, 1.82) is 0 Å². The van der Waals surface area contributed by atoms with E-state index in [2.05, 4.69) is 0 Å². The molecule has 0 aromatic heterocycles. The molecule has 0 amide bonds. The van der Waals surface area contributed by atoms with Crippen molar-refractivity contribution in [2.75, 3.05) is 13.2 Å². The molecule has 27 heavy (non-hydrogen) atoms. The van der Waals surface area contributed by atoms with E-state index in [1.54, 1.807) is 13.8 Å². The maximum atomic E-state index is 12.2. The second-order valence-electron chi connectivity index (χ2n) is 9.32. The van der Waals surface area contributed by atoms with Gasteiger partial charge in [-0.15, -0.1) is 0 Å². The van der Waals surface area contributed by atoms with Crippen LogP contribution < -0.4 is 0 Å². The Morgan fingerprint density at radius 1 is 1.00 bits per heavy atom. The third-order valence-electron chi connectivity index (χ3n) is 6.42. The number of aliphatic hydroxyl groups is 1. The van der Waals surface area contributed by atoms with Gasteiger partial charge in [-0.3, -0.25) is 4.79 Å². The van der Waals surface area contributed by atoms with Crippen LogP contribution in [0.1, 0.15) is 65.7 Å². The first-order valence-corrected chi connectivity index (χ1v) is 9.82. The van der Waals surface area contributed by atoms with E-state index in [4.69, 9.17) is 14.2 Å². The fraction of sp³-hybridized carbons (Fsp3) is 0.850. The van der Waals surface area contributed by atoms with E-state index in [1.165, 1.54) is 0 Å². The summed E-state index contributed by atoms with van der Waals surface area (Å²) < 4.78 is 15.5. The first-order valence-electron chi connectivity index (χ1n) is 9.82. The highest BCUT2D eigenvalue weighted by molar-refractivity contribution is 5.81. The Balaban J connectivity index is 1.44. The number of hydrogen-bond donors (Lipinski definition) is 1. The van der Waals surface area contributed by atoms with E-state index in [1.807, 2.05) is 6.92 Å².